The third-order valence-corrected chi connectivity index (χ3v) is 4.39. The molecule has 0 radical (unpaired) electrons. The van der Waals surface area contributed by atoms with Gasteiger partial charge in [0, 0.05) is 10.7 Å². The number of hydrogen-bond donors (Lipinski definition) is 1. The summed E-state index contributed by atoms with van der Waals surface area (Å²) in [6.45, 7) is 0. The number of hydrogen-bond acceptors (Lipinski definition) is 3. The van der Waals surface area contributed by atoms with Crippen LogP contribution in [0, 0.1) is 0 Å². The first kappa shape index (κ1) is 12.0. The monoisotopic (exact) mass is 251 g/mol. The fourth-order valence-corrected chi connectivity index (χ4v) is 3.36. The number of rotatable bonds is 5. The molecule has 0 saturated carbocycles. The van der Waals surface area contributed by atoms with Crippen molar-refractivity contribution in [2.45, 2.75) is 18.9 Å². The van der Waals surface area contributed by atoms with Crippen molar-refractivity contribution in [1.82, 2.24) is 0 Å². The summed E-state index contributed by atoms with van der Waals surface area (Å²) in [6.07, 6.45) is 4.24. The highest BCUT2D eigenvalue weighted by Crippen LogP contribution is 2.26. The fraction of sp³-hybridized carbons (Fsp3) is 0.385. The molecule has 0 amide bonds. The van der Waals surface area contributed by atoms with Gasteiger partial charge in [-0.3, -0.25) is 0 Å². The lowest BCUT2D eigenvalue weighted by Crippen LogP contribution is -2.23. The second-order valence-corrected chi connectivity index (χ2v) is 5.90. The van der Waals surface area contributed by atoms with Crippen LogP contribution in [-0.2, 0) is 6.42 Å². The van der Waals surface area contributed by atoms with Gasteiger partial charge in [-0.2, -0.15) is 11.8 Å². The van der Waals surface area contributed by atoms with Gasteiger partial charge < -0.3 is 5.73 Å². The quantitative estimate of drug-likeness (QED) is 0.880. The average molecular weight is 251 g/mol. The van der Waals surface area contributed by atoms with Crippen molar-refractivity contribution in [3.8, 4) is 0 Å². The Morgan fingerprint density at radius 2 is 2.19 bits per heavy atom. The predicted molar refractivity (Wildman–Crippen MR) is 76.5 cm³/mol. The van der Waals surface area contributed by atoms with Crippen LogP contribution in [0.5, 0.6) is 0 Å². The summed E-state index contributed by atoms with van der Waals surface area (Å²) < 4.78 is 1.37. The SMILES string of the molecule is CSCCC(N)Cc1csc2ccccc12. The number of fused-ring (bicyclic) bond motifs is 1. The Labute approximate surface area is 105 Å². The van der Waals surface area contributed by atoms with Crippen molar-refractivity contribution in [2.24, 2.45) is 5.73 Å². The van der Waals surface area contributed by atoms with Gasteiger partial charge >= 0.3 is 0 Å². The van der Waals surface area contributed by atoms with Crippen molar-refractivity contribution in [3.63, 3.8) is 0 Å². The van der Waals surface area contributed by atoms with E-state index in [2.05, 4.69) is 35.9 Å². The Hall–Kier alpha value is -0.510. The largest absolute Gasteiger partial charge is 0.327 e. The molecule has 0 aliphatic heterocycles. The highest BCUT2D eigenvalue weighted by Gasteiger charge is 2.08. The van der Waals surface area contributed by atoms with Crippen LogP contribution in [0.1, 0.15) is 12.0 Å². The molecule has 0 spiro atoms. The molecule has 1 nitrogen and oxygen atoms in total. The Kier molecular flexibility index (Phi) is 4.27. The maximum absolute atomic E-state index is 6.13. The average Bonchev–Trinajstić information content (AvgIpc) is 2.70. The summed E-state index contributed by atoms with van der Waals surface area (Å²) in [5.41, 5.74) is 7.54. The van der Waals surface area contributed by atoms with Gasteiger partial charge in [0.25, 0.3) is 0 Å². The minimum absolute atomic E-state index is 0.297. The van der Waals surface area contributed by atoms with Gasteiger partial charge in [-0.25, -0.2) is 0 Å². The van der Waals surface area contributed by atoms with E-state index in [-0.39, 0.29) is 0 Å². The molecule has 1 aromatic carbocycles. The Bertz CT molecular complexity index is 450. The molecule has 1 atom stereocenters. The first-order chi connectivity index (χ1) is 7.81. The minimum Gasteiger partial charge on any atom is -0.327 e. The second kappa shape index (κ2) is 5.71. The summed E-state index contributed by atoms with van der Waals surface area (Å²) in [6, 6.07) is 8.87. The third-order valence-electron chi connectivity index (χ3n) is 2.74. The van der Waals surface area contributed by atoms with E-state index in [0.29, 0.717) is 6.04 Å². The van der Waals surface area contributed by atoms with Crippen LogP contribution in [0.3, 0.4) is 0 Å². The van der Waals surface area contributed by atoms with Crippen LogP contribution in [0.2, 0.25) is 0 Å². The molecule has 1 heterocycles. The zero-order valence-corrected chi connectivity index (χ0v) is 11.1. The van der Waals surface area contributed by atoms with E-state index in [4.69, 9.17) is 5.73 Å². The van der Waals surface area contributed by atoms with Gasteiger partial charge in [-0.15, -0.1) is 11.3 Å². The van der Waals surface area contributed by atoms with E-state index in [1.165, 1.54) is 15.6 Å². The molecule has 86 valence electrons. The van der Waals surface area contributed by atoms with Crippen LogP contribution in [0.25, 0.3) is 10.1 Å². The standard InChI is InChI=1S/C13H17NS2/c1-15-7-6-11(14)8-10-9-16-13-5-3-2-4-12(10)13/h2-5,9,11H,6-8,14H2,1H3. The molecule has 1 aromatic heterocycles. The molecule has 0 bridgehead atoms. The van der Waals surface area contributed by atoms with Gasteiger partial charge in [0.15, 0.2) is 0 Å². The Balaban J connectivity index is 2.09. The minimum atomic E-state index is 0.297. The predicted octanol–water partition coefficient (Wildman–Crippen LogP) is 3.52. The number of benzene rings is 1. The van der Waals surface area contributed by atoms with Gasteiger partial charge in [-0.1, -0.05) is 18.2 Å². The molecule has 3 heteroatoms. The highest BCUT2D eigenvalue weighted by atomic mass is 32.2. The molecule has 0 aliphatic rings. The molecule has 0 fully saturated rings. The lowest BCUT2D eigenvalue weighted by molar-refractivity contribution is 0.655. The molecule has 2 aromatic rings. The third kappa shape index (κ3) is 2.78. The van der Waals surface area contributed by atoms with Crippen molar-refractivity contribution in [3.05, 3.63) is 35.2 Å². The zero-order chi connectivity index (χ0) is 11.4. The molecule has 0 saturated heterocycles. The summed E-state index contributed by atoms with van der Waals surface area (Å²) in [5.74, 6) is 1.16. The molecule has 1 unspecified atom stereocenters. The smallest absolute Gasteiger partial charge is 0.0345 e. The van der Waals surface area contributed by atoms with Gasteiger partial charge in [0.2, 0.25) is 0 Å². The van der Waals surface area contributed by atoms with Crippen LogP contribution in [0.4, 0.5) is 0 Å². The number of thiophene rings is 1. The normalized spacial score (nSPS) is 13.1. The summed E-state index contributed by atoms with van der Waals surface area (Å²) in [7, 11) is 0. The molecular formula is C13H17NS2. The maximum atomic E-state index is 6.13. The molecular weight excluding hydrogens is 234 g/mol. The van der Waals surface area contributed by atoms with E-state index < -0.39 is 0 Å². The number of nitrogens with two attached hydrogens (primary N) is 1. The topological polar surface area (TPSA) is 26.0 Å². The van der Waals surface area contributed by atoms with Crippen molar-refractivity contribution in [2.75, 3.05) is 12.0 Å². The molecule has 0 aliphatic carbocycles. The van der Waals surface area contributed by atoms with Gasteiger partial charge in [-0.05, 0) is 47.2 Å². The molecule has 2 rings (SSSR count). The van der Waals surface area contributed by atoms with E-state index >= 15 is 0 Å². The van der Waals surface area contributed by atoms with E-state index in [1.54, 1.807) is 0 Å². The molecule has 2 N–H and O–H groups in total. The fourth-order valence-electron chi connectivity index (χ4n) is 1.84. The lowest BCUT2D eigenvalue weighted by Gasteiger charge is -2.09. The lowest BCUT2D eigenvalue weighted by atomic mass is 10.0. The van der Waals surface area contributed by atoms with Crippen LogP contribution in [0.15, 0.2) is 29.6 Å². The van der Waals surface area contributed by atoms with Crippen molar-refractivity contribution >= 4 is 33.2 Å². The van der Waals surface area contributed by atoms with Crippen LogP contribution in [-0.4, -0.2) is 18.1 Å². The van der Waals surface area contributed by atoms with E-state index in [9.17, 15) is 0 Å². The van der Waals surface area contributed by atoms with Crippen LogP contribution < -0.4 is 5.73 Å². The summed E-state index contributed by atoms with van der Waals surface area (Å²) in [5, 5.41) is 3.64. The van der Waals surface area contributed by atoms with Crippen molar-refractivity contribution in [1.29, 1.82) is 0 Å². The van der Waals surface area contributed by atoms with Crippen molar-refractivity contribution < 1.29 is 0 Å². The summed E-state index contributed by atoms with van der Waals surface area (Å²) >= 11 is 3.69. The van der Waals surface area contributed by atoms with Gasteiger partial charge in [0.05, 0.1) is 0 Å². The zero-order valence-electron chi connectivity index (χ0n) is 9.48. The van der Waals surface area contributed by atoms with Crippen LogP contribution >= 0.6 is 23.1 Å². The maximum Gasteiger partial charge on any atom is 0.0345 e. The first-order valence-corrected chi connectivity index (χ1v) is 7.78. The summed E-state index contributed by atoms with van der Waals surface area (Å²) in [4.78, 5) is 0. The number of thioether (sulfide) groups is 1. The second-order valence-electron chi connectivity index (χ2n) is 4.00. The highest BCUT2D eigenvalue weighted by molar-refractivity contribution is 7.98. The first-order valence-electron chi connectivity index (χ1n) is 5.51. The van der Waals surface area contributed by atoms with E-state index in [0.717, 1.165) is 18.6 Å². The van der Waals surface area contributed by atoms with E-state index in [1.807, 2.05) is 23.1 Å². The Morgan fingerprint density at radius 3 is 3.00 bits per heavy atom. The Morgan fingerprint density at radius 1 is 1.38 bits per heavy atom. The molecule has 16 heavy (non-hydrogen) atoms. The van der Waals surface area contributed by atoms with Gasteiger partial charge in [0.1, 0.15) is 0 Å².